The molecule has 18 heavy (non-hydrogen) atoms. The second kappa shape index (κ2) is 6.01. The maximum atomic E-state index is 12.3. The number of nitrogens with two attached hydrogens (primary N) is 1. The van der Waals surface area contributed by atoms with Gasteiger partial charge in [-0.3, -0.25) is 4.79 Å². The minimum atomic E-state index is -0.390. The molecule has 1 rings (SSSR count). The van der Waals surface area contributed by atoms with E-state index in [4.69, 9.17) is 5.73 Å². The van der Waals surface area contributed by atoms with Crippen LogP contribution in [0.25, 0.3) is 0 Å². The molecule has 1 amide bonds. The zero-order chi connectivity index (χ0) is 13.8. The second-order valence-corrected chi connectivity index (χ2v) is 5.37. The molecule has 0 saturated heterocycles. The Morgan fingerprint density at radius 3 is 2.33 bits per heavy atom. The van der Waals surface area contributed by atoms with Crippen molar-refractivity contribution >= 4 is 5.91 Å². The third kappa shape index (κ3) is 3.57. The maximum Gasteiger partial charge on any atom is 0.227 e. The number of carbonyl (C=O) groups excluding carboxylic acids is 1. The number of rotatable bonds is 5. The van der Waals surface area contributed by atoms with E-state index in [1.54, 1.807) is 0 Å². The lowest BCUT2D eigenvalue weighted by molar-refractivity contribution is -0.124. The summed E-state index contributed by atoms with van der Waals surface area (Å²) in [6.45, 7) is 7.83. The van der Waals surface area contributed by atoms with Gasteiger partial charge in [0.1, 0.15) is 0 Å². The van der Waals surface area contributed by atoms with Crippen LogP contribution in [0.3, 0.4) is 0 Å². The van der Waals surface area contributed by atoms with Crippen molar-refractivity contribution in [3.8, 4) is 0 Å². The van der Waals surface area contributed by atoms with Crippen LogP contribution in [0, 0.1) is 0 Å². The third-order valence-corrected chi connectivity index (χ3v) is 3.51. The molecule has 0 aliphatic rings. The van der Waals surface area contributed by atoms with E-state index in [1.807, 2.05) is 58.0 Å². The number of amides is 1. The molecule has 1 aromatic carbocycles. The molecule has 0 fully saturated rings. The van der Waals surface area contributed by atoms with E-state index in [2.05, 4.69) is 5.32 Å². The quantitative estimate of drug-likeness (QED) is 0.841. The van der Waals surface area contributed by atoms with E-state index in [-0.39, 0.29) is 23.4 Å². The summed E-state index contributed by atoms with van der Waals surface area (Å²) in [6.07, 6.45) is 0.783. The van der Waals surface area contributed by atoms with Crippen LogP contribution in [0.15, 0.2) is 30.3 Å². The van der Waals surface area contributed by atoms with Crippen molar-refractivity contribution < 1.29 is 4.79 Å². The summed E-state index contributed by atoms with van der Waals surface area (Å²) in [6, 6.07) is 9.78. The Bertz CT molecular complexity index is 385. The Morgan fingerprint density at radius 2 is 1.89 bits per heavy atom. The van der Waals surface area contributed by atoms with Crippen molar-refractivity contribution in [1.29, 1.82) is 0 Å². The first-order valence-electron chi connectivity index (χ1n) is 6.51. The van der Waals surface area contributed by atoms with Gasteiger partial charge in [-0.15, -0.1) is 0 Å². The number of benzene rings is 1. The summed E-state index contributed by atoms with van der Waals surface area (Å²) in [5.74, 6) is -0.0600. The molecule has 100 valence electrons. The number of nitrogens with one attached hydrogen (secondary N) is 1. The normalized spacial score (nSPS) is 14.9. The molecule has 3 heteroatoms. The highest BCUT2D eigenvalue weighted by molar-refractivity contribution is 5.84. The number of carbonyl (C=O) groups is 1. The van der Waals surface area contributed by atoms with Crippen molar-refractivity contribution in [2.75, 3.05) is 0 Å². The Morgan fingerprint density at radius 1 is 1.33 bits per heavy atom. The van der Waals surface area contributed by atoms with E-state index < -0.39 is 0 Å². The Kier molecular flexibility index (Phi) is 4.91. The molecule has 0 heterocycles. The molecule has 0 aliphatic carbocycles. The Hall–Kier alpha value is -1.35. The SMILES string of the molecule is CCC(C(=O)NC(C)(C)C(C)N)c1ccccc1. The minimum Gasteiger partial charge on any atom is -0.349 e. The summed E-state index contributed by atoms with van der Waals surface area (Å²) >= 11 is 0. The highest BCUT2D eigenvalue weighted by Crippen LogP contribution is 2.20. The van der Waals surface area contributed by atoms with E-state index in [0.717, 1.165) is 12.0 Å². The summed E-state index contributed by atoms with van der Waals surface area (Å²) in [5, 5.41) is 3.04. The molecule has 1 aromatic rings. The predicted molar refractivity (Wildman–Crippen MR) is 75.3 cm³/mol. The molecule has 0 spiro atoms. The van der Waals surface area contributed by atoms with Crippen LogP contribution >= 0.6 is 0 Å². The average Bonchev–Trinajstić information content (AvgIpc) is 2.30. The first-order valence-corrected chi connectivity index (χ1v) is 6.51. The monoisotopic (exact) mass is 248 g/mol. The fraction of sp³-hybridized carbons (Fsp3) is 0.533. The molecule has 0 bridgehead atoms. The van der Waals surface area contributed by atoms with Gasteiger partial charge in [-0.2, -0.15) is 0 Å². The minimum absolute atomic E-state index is 0.0472. The van der Waals surface area contributed by atoms with Gasteiger partial charge in [-0.1, -0.05) is 37.3 Å². The van der Waals surface area contributed by atoms with E-state index in [0.29, 0.717) is 0 Å². The van der Waals surface area contributed by atoms with E-state index in [1.165, 1.54) is 0 Å². The van der Waals surface area contributed by atoms with Gasteiger partial charge < -0.3 is 11.1 Å². The van der Waals surface area contributed by atoms with Gasteiger partial charge in [-0.05, 0) is 32.8 Å². The van der Waals surface area contributed by atoms with E-state index in [9.17, 15) is 4.79 Å². The van der Waals surface area contributed by atoms with Crippen LogP contribution in [0.5, 0.6) is 0 Å². The molecule has 3 nitrogen and oxygen atoms in total. The standard InChI is InChI=1S/C15H24N2O/c1-5-13(12-9-7-6-8-10-12)14(18)17-15(3,4)11(2)16/h6-11,13H,5,16H2,1-4H3,(H,17,18). The molecule has 2 atom stereocenters. The van der Waals surface area contributed by atoms with Gasteiger partial charge in [0.15, 0.2) is 0 Å². The van der Waals surface area contributed by atoms with Gasteiger partial charge >= 0.3 is 0 Å². The molecule has 0 aromatic heterocycles. The Balaban J connectivity index is 2.82. The van der Waals surface area contributed by atoms with Gasteiger partial charge in [0.2, 0.25) is 5.91 Å². The molecule has 0 aliphatic heterocycles. The molecular weight excluding hydrogens is 224 g/mol. The largest absolute Gasteiger partial charge is 0.349 e. The highest BCUT2D eigenvalue weighted by Gasteiger charge is 2.28. The molecule has 2 unspecified atom stereocenters. The van der Waals surface area contributed by atoms with Crippen LogP contribution in [-0.4, -0.2) is 17.5 Å². The van der Waals surface area contributed by atoms with Crippen molar-refractivity contribution in [1.82, 2.24) is 5.32 Å². The van der Waals surface area contributed by atoms with Crippen LogP contribution in [0.1, 0.15) is 45.6 Å². The van der Waals surface area contributed by atoms with Gasteiger partial charge in [-0.25, -0.2) is 0 Å². The second-order valence-electron chi connectivity index (χ2n) is 5.37. The maximum absolute atomic E-state index is 12.3. The van der Waals surface area contributed by atoms with Gasteiger partial charge in [0.05, 0.1) is 5.92 Å². The smallest absolute Gasteiger partial charge is 0.227 e. The van der Waals surface area contributed by atoms with Crippen LogP contribution in [0.4, 0.5) is 0 Å². The summed E-state index contributed by atoms with van der Waals surface area (Å²) in [5.41, 5.74) is 6.55. The third-order valence-electron chi connectivity index (χ3n) is 3.51. The molecule has 3 N–H and O–H groups in total. The van der Waals surface area contributed by atoms with Gasteiger partial charge in [0.25, 0.3) is 0 Å². The predicted octanol–water partition coefficient (Wildman–Crippen LogP) is 2.42. The average molecular weight is 248 g/mol. The lowest BCUT2D eigenvalue weighted by Gasteiger charge is -2.32. The highest BCUT2D eigenvalue weighted by atomic mass is 16.2. The van der Waals surface area contributed by atoms with Crippen molar-refractivity contribution in [2.45, 2.75) is 51.6 Å². The zero-order valence-electron chi connectivity index (χ0n) is 11.7. The van der Waals surface area contributed by atoms with Crippen LogP contribution in [-0.2, 0) is 4.79 Å². The lowest BCUT2D eigenvalue weighted by atomic mass is 9.92. The molecular formula is C15H24N2O. The first kappa shape index (κ1) is 14.7. The topological polar surface area (TPSA) is 55.1 Å². The molecule has 0 radical (unpaired) electrons. The van der Waals surface area contributed by atoms with Gasteiger partial charge in [0, 0.05) is 11.6 Å². The van der Waals surface area contributed by atoms with Crippen LogP contribution < -0.4 is 11.1 Å². The summed E-state index contributed by atoms with van der Waals surface area (Å²) < 4.78 is 0. The van der Waals surface area contributed by atoms with Crippen LogP contribution in [0.2, 0.25) is 0 Å². The fourth-order valence-electron chi connectivity index (χ4n) is 1.78. The first-order chi connectivity index (χ1) is 8.38. The zero-order valence-corrected chi connectivity index (χ0v) is 11.7. The molecule has 0 saturated carbocycles. The van der Waals surface area contributed by atoms with Crippen molar-refractivity contribution in [3.63, 3.8) is 0 Å². The Labute approximate surface area is 110 Å². The van der Waals surface area contributed by atoms with E-state index >= 15 is 0 Å². The summed E-state index contributed by atoms with van der Waals surface area (Å²) in [7, 11) is 0. The summed E-state index contributed by atoms with van der Waals surface area (Å²) in [4.78, 5) is 12.3. The van der Waals surface area contributed by atoms with Crippen molar-refractivity contribution in [2.24, 2.45) is 5.73 Å². The van der Waals surface area contributed by atoms with Crippen molar-refractivity contribution in [3.05, 3.63) is 35.9 Å². The number of hydrogen-bond donors (Lipinski definition) is 2. The lowest BCUT2D eigenvalue weighted by Crippen LogP contribution is -2.55. The number of hydrogen-bond acceptors (Lipinski definition) is 2. The fourth-order valence-corrected chi connectivity index (χ4v) is 1.78.